The summed E-state index contributed by atoms with van der Waals surface area (Å²) in [4.78, 5) is 4.76. The molecule has 9 heteroatoms. The monoisotopic (exact) mass is 402 g/mol. The molecule has 1 aromatic heterocycles. The first-order chi connectivity index (χ1) is 14.2. The Bertz CT molecular complexity index is 799. The van der Waals surface area contributed by atoms with Gasteiger partial charge in [0.2, 0.25) is 0 Å². The molecule has 1 aromatic carbocycles. The zero-order valence-corrected chi connectivity index (χ0v) is 17.5. The van der Waals surface area contributed by atoms with Crippen LogP contribution in [0.4, 0.5) is 0 Å². The highest BCUT2D eigenvalue weighted by Crippen LogP contribution is 2.36. The fourth-order valence-electron chi connectivity index (χ4n) is 4.15. The van der Waals surface area contributed by atoms with E-state index in [0.717, 1.165) is 68.5 Å². The van der Waals surface area contributed by atoms with E-state index in [-0.39, 0.29) is 12.1 Å². The minimum atomic E-state index is -0.120. The van der Waals surface area contributed by atoms with Crippen LogP contribution in [0.1, 0.15) is 30.3 Å². The van der Waals surface area contributed by atoms with Gasteiger partial charge < -0.3 is 19.1 Å². The third kappa shape index (κ3) is 4.36. The fourth-order valence-corrected chi connectivity index (χ4v) is 4.15. The van der Waals surface area contributed by atoms with E-state index in [4.69, 9.17) is 14.2 Å². The van der Waals surface area contributed by atoms with Crippen LogP contribution >= 0.6 is 0 Å². The quantitative estimate of drug-likeness (QED) is 0.684. The highest BCUT2D eigenvalue weighted by molar-refractivity contribution is 5.44. The van der Waals surface area contributed by atoms with Gasteiger partial charge in [-0.2, -0.15) is 0 Å². The predicted molar refractivity (Wildman–Crippen MR) is 107 cm³/mol. The van der Waals surface area contributed by atoms with E-state index in [1.54, 1.807) is 14.2 Å². The molecule has 0 unspecified atom stereocenters. The lowest BCUT2D eigenvalue weighted by molar-refractivity contribution is 0.0876. The number of piperazine rings is 1. The zero-order valence-electron chi connectivity index (χ0n) is 17.5. The molecule has 0 amide bonds. The van der Waals surface area contributed by atoms with Crippen molar-refractivity contribution in [2.45, 2.75) is 31.5 Å². The van der Waals surface area contributed by atoms with Crippen LogP contribution in [0.5, 0.6) is 11.5 Å². The predicted octanol–water partition coefficient (Wildman–Crippen LogP) is 1.21. The molecule has 0 radical (unpaired) electrons. The molecule has 158 valence electrons. The Kier molecular flexibility index (Phi) is 6.27. The molecule has 29 heavy (non-hydrogen) atoms. The number of nitrogens with zero attached hydrogens (tertiary/aromatic N) is 6. The molecule has 2 atom stereocenters. The summed E-state index contributed by atoms with van der Waals surface area (Å²) in [6, 6.07) is 5.78. The topological polar surface area (TPSA) is 77.8 Å². The van der Waals surface area contributed by atoms with Crippen LogP contribution in [0.2, 0.25) is 0 Å². The summed E-state index contributed by atoms with van der Waals surface area (Å²) < 4.78 is 18.9. The van der Waals surface area contributed by atoms with E-state index in [9.17, 15) is 0 Å². The van der Waals surface area contributed by atoms with E-state index >= 15 is 0 Å². The summed E-state index contributed by atoms with van der Waals surface area (Å²) in [6.45, 7) is 5.32. The van der Waals surface area contributed by atoms with Crippen LogP contribution in [-0.4, -0.2) is 90.2 Å². The lowest BCUT2D eigenvalue weighted by atomic mass is 10.0. The van der Waals surface area contributed by atoms with Crippen LogP contribution < -0.4 is 9.47 Å². The molecule has 0 N–H and O–H groups in total. The minimum Gasteiger partial charge on any atom is -0.497 e. The van der Waals surface area contributed by atoms with Gasteiger partial charge in [-0.3, -0.25) is 4.90 Å². The lowest BCUT2D eigenvalue weighted by Gasteiger charge is -2.38. The number of hydrogen-bond donors (Lipinski definition) is 0. The van der Waals surface area contributed by atoms with Gasteiger partial charge in [-0.15, -0.1) is 5.10 Å². The molecule has 2 aliphatic heterocycles. The van der Waals surface area contributed by atoms with Gasteiger partial charge in [0.25, 0.3) is 0 Å². The van der Waals surface area contributed by atoms with Gasteiger partial charge in [-0.05, 0) is 48.5 Å². The van der Waals surface area contributed by atoms with Crippen molar-refractivity contribution in [3.63, 3.8) is 0 Å². The van der Waals surface area contributed by atoms with E-state index in [1.807, 2.05) is 22.9 Å². The van der Waals surface area contributed by atoms with Crippen molar-refractivity contribution in [1.82, 2.24) is 30.0 Å². The van der Waals surface area contributed by atoms with Gasteiger partial charge in [-0.25, -0.2) is 4.68 Å². The summed E-state index contributed by atoms with van der Waals surface area (Å²) in [5.41, 5.74) is 1.01. The highest BCUT2D eigenvalue weighted by atomic mass is 16.5. The number of ether oxygens (including phenoxy) is 3. The van der Waals surface area contributed by atoms with Crippen molar-refractivity contribution in [2.75, 3.05) is 54.1 Å². The smallest absolute Gasteiger partial charge is 0.173 e. The SMILES string of the molecule is COc1ccc(OC)c([C@H](c2nnnn2C[C@@H]2CCCO2)N2CCN(C)CC2)c1. The normalized spacial score (nSPS) is 22.0. The van der Waals surface area contributed by atoms with Crippen molar-refractivity contribution >= 4 is 0 Å². The van der Waals surface area contributed by atoms with E-state index in [0.29, 0.717) is 6.54 Å². The molecule has 0 spiro atoms. The number of methoxy groups -OCH3 is 2. The molecule has 0 saturated carbocycles. The first-order valence-corrected chi connectivity index (χ1v) is 10.2. The average Bonchev–Trinajstić information content (AvgIpc) is 3.42. The molecule has 9 nitrogen and oxygen atoms in total. The molecule has 2 fully saturated rings. The number of tetrazole rings is 1. The maximum absolute atomic E-state index is 5.83. The third-order valence-electron chi connectivity index (χ3n) is 5.84. The zero-order chi connectivity index (χ0) is 20.2. The van der Waals surface area contributed by atoms with Crippen molar-refractivity contribution in [3.05, 3.63) is 29.6 Å². The van der Waals surface area contributed by atoms with Crippen LogP contribution in [0.15, 0.2) is 18.2 Å². The second-order valence-corrected chi connectivity index (χ2v) is 7.70. The number of rotatable bonds is 7. The number of hydrogen-bond acceptors (Lipinski definition) is 8. The maximum Gasteiger partial charge on any atom is 0.173 e. The maximum atomic E-state index is 5.83. The highest BCUT2D eigenvalue weighted by Gasteiger charge is 2.33. The van der Waals surface area contributed by atoms with Crippen LogP contribution in [0.25, 0.3) is 0 Å². The average molecular weight is 402 g/mol. The molecule has 2 aliphatic rings. The van der Waals surface area contributed by atoms with Crippen LogP contribution in [-0.2, 0) is 11.3 Å². The van der Waals surface area contributed by atoms with Crippen molar-refractivity contribution in [1.29, 1.82) is 0 Å². The van der Waals surface area contributed by atoms with Gasteiger partial charge in [0.15, 0.2) is 5.82 Å². The number of aromatic nitrogens is 4. The molecule has 2 saturated heterocycles. The molecular formula is C20H30N6O3. The number of likely N-dealkylation sites (N-methyl/N-ethyl adjacent to an activating group) is 1. The Hall–Kier alpha value is -2.23. The molecule has 2 aromatic rings. The van der Waals surface area contributed by atoms with Crippen LogP contribution in [0, 0.1) is 0 Å². The fraction of sp³-hybridized carbons (Fsp3) is 0.650. The van der Waals surface area contributed by atoms with E-state index in [1.165, 1.54) is 0 Å². The standard InChI is InChI=1S/C20H30N6O3/c1-24-8-10-25(11-9-24)19(17-13-15(27-2)6-7-18(17)28-3)20-21-22-23-26(20)14-16-5-4-12-29-16/h6-7,13,16,19H,4-5,8-12,14H2,1-3H3/t16-,19+/m0/s1. The van der Waals surface area contributed by atoms with Gasteiger partial charge in [0.1, 0.15) is 17.5 Å². The Labute approximate surface area is 171 Å². The Balaban J connectivity index is 1.73. The Morgan fingerprint density at radius 3 is 2.69 bits per heavy atom. The van der Waals surface area contributed by atoms with Crippen molar-refractivity contribution in [3.8, 4) is 11.5 Å². The first-order valence-electron chi connectivity index (χ1n) is 10.2. The molecule has 4 rings (SSSR count). The lowest BCUT2D eigenvalue weighted by Crippen LogP contribution is -2.47. The van der Waals surface area contributed by atoms with Crippen molar-refractivity contribution < 1.29 is 14.2 Å². The largest absolute Gasteiger partial charge is 0.497 e. The van der Waals surface area contributed by atoms with Crippen LogP contribution in [0.3, 0.4) is 0 Å². The summed E-state index contributed by atoms with van der Waals surface area (Å²) in [5.74, 6) is 2.41. The number of benzene rings is 1. The van der Waals surface area contributed by atoms with E-state index < -0.39 is 0 Å². The summed E-state index contributed by atoms with van der Waals surface area (Å²) in [7, 11) is 5.53. The van der Waals surface area contributed by atoms with E-state index in [2.05, 4.69) is 32.4 Å². The Morgan fingerprint density at radius 2 is 2.00 bits per heavy atom. The van der Waals surface area contributed by atoms with Gasteiger partial charge in [0, 0.05) is 38.3 Å². The van der Waals surface area contributed by atoms with Gasteiger partial charge in [0.05, 0.1) is 26.9 Å². The second kappa shape index (κ2) is 9.06. The molecule has 0 bridgehead atoms. The minimum absolute atomic E-state index is 0.120. The van der Waals surface area contributed by atoms with Gasteiger partial charge in [-0.1, -0.05) is 0 Å². The molecule has 0 aliphatic carbocycles. The van der Waals surface area contributed by atoms with Crippen molar-refractivity contribution in [2.24, 2.45) is 0 Å². The second-order valence-electron chi connectivity index (χ2n) is 7.70. The Morgan fingerprint density at radius 1 is 1.17 bits per heavy atom. The third-order valence-corrected chi connectivity index (χ3v) is 5.84. The summed E-state index contributed by atoms with van der Waals surface area (Å²) in [5, 5.41) is 12.8. The summed E-state index contributed by atoms with van der Waals surface area (Å²) in [6.07, 6.45) is 2.30. The summed E-state index contributed by atoms with van der Waals surface area (Å²) >= 11 is 0. The van der Waals surface area contributed by atoms with Gasteiger partial charge >= 0.3 is 0 Å². The molecule has 3 heterocycles. The molecular weight excluding hydrogens is 372 g/mol. The first kappa shape index (κ1) is 20.1.